The van der Waals surface area contributed by atoms with Crippen molar-refractivity contribution < 1.29 is 71.7 Å². The highest BCUT2D eigenvalue weighted by molar-refractivity contribution is 6.55. The van der Waals surface area contributed by atoms with Gasteiger partial charge >= 0.3 is 17.9 Å². The highest BCUT2D eigenvalue weighted by Crippen LogP contribution is 2.47. The molecule has 322 valence electrons. The number of carbonyl (C=O) groups excluding carboxylic acids is 5. The predicted molar refractivity (Wildman–Crippen MR) is 211 cm³/mol. The molecule has 16 nitrogen and oxygen atoms in total. The van der Waals surface area contributed by atoms with Crippen LogP contribution in [0.25, 0.3) is 0 Å². The van der Waals surface area contributed by atoms with Gasteiger partial charge in [-0.2, -0.15) is 0 Å². The molecule has 3 aliphatic rings. The molecule has 0 radical (unpaired) electrons. The number of fused-ring (bicyclic) bond motifs is 1. The highest BCUT2D eigenvalue weighted by Gasteiger charge is 2.59. The van der Waals surface area contributed by atoms with Gasteiger partial charge in [0, 0.05) is 20.8 Å². The van der Waals surface area contributed by atoms with E-state index >= 15 is 0 Å². The van der Waals surface area contributed by atoms with Crippen LogP contribution in [0.15, 0.2) is 54.6 Å². The van der Waals surface area contributed by atoms with Gasteiger partial charge in [0.25, 0.3) is 11.8 Å². The Kier molecular flexibility index (Phi) is 14.5. The summed E-state index contributed by atoms with van der Waals surface area (Å²) < 4.78 is 53.2. The number of imide groups is 1. The molecule has 0 saturated carbocycles. The Morgan fingerprint density at radius 2 is 1.23 bits per heavy atom. The van der Waals surface area contributed by atoms with E-state index in [0.29, 0.717) is 10.6 Å². The number of aliphatic hydroxyl groups is 1. The molecule has 0 bridgehead atoms. The maximum absolute atomic E-state index is 14.3. The first-order valence-electron chi connectivity index (χ1n) is 18.3. The molecular weight excluding hydrogens is 876 g/mol. The molecule has 1 N–H and O–H groups in total. The van der Waals surface area contributed by atoms with Gasteiger partial charge in [0.2, 0.25) is 6.29 Å². The van der Waals surface area contributed by atoms with Gasteiger partial charge in [-0.1, -0.05) is 76.7 Å². The van der Waals surface area contributed by atoms with E-state index in [0.717, 1.165) is 26.3 Å². The molecule has 10 atom stereocenters. The lowest BCUT2D eigenvalue weighted by Gasteiger charge is -2.49. The number of benzene rings is 3. The summed E-state index contributed by atoms with van der Waals surface area (Å²) in [6.45, 7) is 4.55. The number of hydrogen-bond acceptors (Lipinski definition) is 15. The van der Waals surface area contributed by atoms with Crippen LogP contribution >= 0.6 is 46.4 Å². The Morgan fingerprint density at radius 3 is 1.78 bits per heavy atom. The average Bonchev–Trinajstić information content (AvgIpc) is 3.46. The summed E-state index contributed by atoms with van der Waals surface area (Å²) in [4.78, 5) is 66.4. The van der Waals surface area contributed by atoms with E-state index < -0.39 is 91.1 Å². The third-order valence-electron chi connectivity index (χ3n) is 9.70. The first kappa shape index (κ1) is 45.3. The van der Waals surface area contributed by atoms with Gasteiger partial charge in [0.1, 0.15) is 35.9 Å². The van der Waals surface area contributed by atoms with Crippen LogP contribution in [0.4, 0.5) is 0 Å². The minimum atomic E-state index is -1.94. The summed E-state index contributed by atoms with van der Waals surface area (Å²) in [5, 5.41) is 11.3. The summed E-state index contributed by atoms with van der Waals surface area (Å²) in [5.74, 6) is -3.86. The van der Waals surface area contributed by atoms with Crippen LogP contribution in [0.3, 0.4) is 0 Å². The Balaban J connectivity index is 1.44. The molecule has 0 unspecified atom stereocenters. The minimum absolute atomic E-state index is 0.0689. The van der Waals surface area contributed by atoms with Crippen molar-refractivity contribution in [3.63, 3.8) is 0 Å². The normalized spacial score (nSPS) is 27.5. The molecule has 3 aromatic rings. The number of esters is 3. The third kappa shape index (κ3) is 9.47. The van der Waals surface area contributed by atoms with Crippen LogP contribution in [0, 0.1) is 0 Å². The van der Waals surface area contributed by atoms with Crippen molar-refractivity contribution in [2.75, 3.05) is 13.7 Å². The molecule has 2 saturated heterocycles. The summed E-state index contributed by atoms with van der Waals surface area (Å²) >= 11 is 25.6. The van der Waals surface area contributed by atoms with E-state index in [4.69, 9.17) is 89.0 Å². The van der Waals surface area contributed by atoms with Crippen molar-refractivity contribution in [3.8, 4) is 11.5 Å². The molecular formula is C40H39Cl4NO15. The molecule has 60 heavy (non-hydrogen) atoms. The fourth-order valence-electron chi connectivity index (χ4n) is 7.11. The summed E-state index contributed by atoms with van der Waals surface area (Å²) in [5.41, 5.74) is 0.0112. The Morgan fingerprint density at radius 1 is 0.700 bits per heavy atom. The zero-order valence-corrected chi connectivity index (χ0v) is 35.5. The standard InChI is InChI=1S/C40H39Cl4NO15/c1-17-33(55-18(2)46)35(56-19(3)47)36(57-20(4)48)40(54-17)60-34-24(16-53-15-21-9-7-6-8-10-21)59-39(58-23-13-11-22(52-5)12-14-23)31(32(34)49)45-37(50)25-26(38(45)51)28(42)30(44)29(43)27(25)41/h6-14,17,24,31-36,39-40,49H,15-16H2,1-5H3/t17-,24+,31+,32+,33+,34+,35+,36-,39+,40+/m0/s1. The number of rotatable bonds is 13. The molecule has 3 aromatic carbocycles. The van der Waals surface area contributed by atoms with Crippen molar-refractivity contribution in [3.05, 3.63) is 91.4 Å². The van der Waals surface area contributed by atoms with Crippen molar-refractivity contribution in [1.29, 1.82) is 0 Å². The summed E-state index contributed by atoms with van der Waals surface area (Å²) in [7, 11) is 1.47. The highest BCUT2D eigenvalue weighted by atomic mass is 35.5. The molecule has 3 heterocycles. The summed E-state index contributed by atoms with van der Waals surface area (Å²) in [6, 6.07) is 13.6. The van der Waals surface area contributed by atoms with Crippen LogP contribution in [-0.4, -0.2) is 115 Å². The number of nitrogens with zero attached hydrogens (tertiary/aromatic N) is 1. The molecule has 0 aromatic heterocycles. The van der Waals surface area contributed by atoms with Gasteiger partial charge in [0.15, 0.2) is 24.6 Å². The molecule has 2 fully saturated rings. The van der Waals surface area contributed by atoms with E-state index in [1.807, 2.05) is 30.3 Å². The van der Waals surface area contributed by atoms with Gasteiger partial charge in [-0.25, -0.2) is 0 Å². The largest absolute Gasteiger partial charge is 0.497 e. The number of carbonyl (C=O) groups is 5. The van der Waals surface area contributed by atoms with E-state index in [2.05, 4.69) is 0 Å². The quantitative estimate of drug-likeness (QED) is 0.0735. The van der Waals surface area contributed by atoms with Gasteiger partial charge in [-0.3, -0.25) is 28.9 Å². The number of ether oxygens (including phenoxy) is 9. The second-order valence-corrected chi connectivity index (χ2v) is 15.3. The minimum Gasteiger partial charge on any atom is -0.497 e. The van der Waals surface area contributed by atoms with E-state index in [-0.39, 0.29) is 50.2 Å². The van der Waals surface area contributed by atoms with Crippen LogP contribution < -0.4 is 9.47 Å². The van der Waals surface area contributed by atoms with Gasteiger partial charge in [0.05, 0.1) is 57.6 Å². The van der Waals surface area contributed by atoms with Crippen LogP contribution in [-0.2, 0) is 54.1 Å². The molecule has 20 heteroatoms. The second-order valence-electron chi connectivity index (χ2n) is 13.8. The lowest BCUT2D eigenvalue weighted by Crippen LogP contribution is -2.69. The first-order valence-corrected chi connectivity index (χ1v) is 19.9. The Labute approximate surface area is 363 Å². The smallest absolute Gasteiger partial charge is 0.303 e. The molecule has 6 rings (SSSR count). The molecule has 0 spiro atoms. The number of halogens is 4. The predicted octanol–water partition coefficient (Wildman–Crippen LogP) is 5.58. The molecule has 0 aliphatic carbocycles. The average molecular weight is 916 g/mol. The Bertz CT molecular complexity index is 2060. The van der Waals surface area contributed by atoms with Crippen molar-refractivity contribution >= 4 is 76.1 Å². The number of amides is 2. The second kappa shape index (κ2) is 19.2. The van der Waals surface area contributed by atoms with Gasteiger partial charge < -0.3 is 47.7 Å². The summed E-state index contributed by atoms with van der Waals surface area (Å²) in [6.07, 6.45) is -13.6. The number of hydrogen-bond donors (Lipinski definition) is 1. The fourth-order valence-corrected chi connectivity index (χ4v) is 8.12. The van der Waals surface area contributed by atoms with Crippen LogP contribution in [0.5, 0.6) is 11.5 Å². The fraction of sp³-hybridized carbons (Fsp3) is 0.425. The van der Waals surface area contributed by atoms with Gasteiger partial charge in [-0.05, 0) is 36.8 Å². The third-order valence-corrected chi connectivity index (χ3v) is 11.5. The molecule has 2 amide bonds. The maximum Gasteiger partial charge on any atom is 0.303 e. The zero-order valence-electron chi connectivity index (χ0n) is 32.5. The van der Waals surface area contributed by atoms with Crippen molar-refractivity contribution in [2.24, 2.45) is 0 Å². The van der Waals surface area contributed by atoms with E-state index in [1.165, 1.54) is 26.2 Å². The SMILES string of the molecule is COc1ccc(O[C@@H]2O[C@H](COCc3ccccc3)[C@@H](O[C@H]3O[C@@H](C)[C@@H](OC(C)=O)[C@@H](OC(C)=O)[C@@H]3OC(C)=O)[C@H](O)[C@H]2N2C(=O)c3c(Cl)c(Cl)c(Cl)c(Cl)c3C2=O)cc1. The topological polar surface area (TPSA) is 192 Å². The lowest BCUT2D eigenvalue weighted by molar-refractivity contribution is -0.344. The van der Waals surface area contributed by atoms with E-state index in [1.54, 1.807) is 12.1 Å². The molecule has 3 aliphatic heterocycles. The van der Waals surface area contributed by atoms with Gasteiger partial charge in [-0.15, -0.1) is 0 Å². The van der Waals surface area contributed by atoms with Crippen LogP contribution in [0.1, 0.15) is 54.0 Å². The maximum atomic E-state index is 14.3. The van der Waals surface area contributed by atoms with E-state index in [9.17, 15) is 29.1 Å². The zero-order chi connectivity index (χ0) is 43.6. The number of methoxy groups -OCH3 is 1. The number of aliphatic hydroxyl groups excluding tert-OH is 1. The van der Waals surface area contributed by atoms with Crippen molar-refractivity contribution in [2.45, 2.75) is 95.7 Å². The lowest BCUT2D eigenvalue weighted by atomic mass is 9.94. The monoisotopic (exact) mass is 913 g/mol. The first-order chi connectivity index (χ1) is 28.5. The van der Waals surface area contributed by atoms with Crippen molar-refractivity contribution in [1.82, 2.24) is 4.90 Å². The van der Waals surface area contributed by atoms with Crippen LogP contribution in [0.2, 0.25) is 20.1 Å². The Hall–Kier alpha value is -4.23.